The number of aryl methyl sites for hydroxylation is 1. The van der Waals surface area contributed by atoms with Crippen LogP contribution in [0.1, 0.15) is 18.7 Å². The molecule has 2 heterocycles. The minimum atomic E-state index is -3.35. The molecule has 1 fully saturated rings. The van der Waals surface area contributed by atoms with E-state index in [0.29, 0.717) is 18.9 Å². The highest BCUT2D eigenvalue weighted by Gasteiger charge is 2.16. The van der Waals surface area contributed by atoms with Gasteiger partial charge >= 0.3 is 0 Å². The van der Waals surface area contributed by atoms with Crippen LogP contribution in [0.15, 0.2) is 6.07 Å². The first-order valence-corrected chi connectivity index (χ1v) is 10.1. The molecule has 0 aliphatic carbocycles. The van der Waals surface area contributed by atoms with Gasteiger partial charge in [0.2, 0.25) is 15.9 Å². The zero-order valence-electron chi connectivity index (χ0n) is 14.9. The number of amides is 1. The molecular weight excluding hydrogens is 344 g/mol. The Morgan fingerprint density at radius 1 is 1.28 bits per heavy atom. The Morgan fingerprint density at radius 3 is 2.60 bits per heavy atom. The second-order valence-electron chi connectivity index (χ2n) is 6.15. The second-order valence-corrected chi connectivity index (χ2v) is 8.24. The third kappa shape index (κ3) is 6.13. The summed E-state index contributed by atoms with van der Waals surface area (Å²) in [5.41, 5.74) is 0. The van der Waals surface area contributed by atoms with Crippen LogP contribution < -0.4 is 15.5 Å². The van der Waals surface area contributed by atoms with E-state index in [1.54, 1.807) is 0 Å². The number of carbonyl (C=O) groups is 1. The quantitative estimate of drug-likeness (QED) is 0.611. The number of nitrogens with zero attached hydrogens (tertiary/aromatic N) is 4. The fourth-order valence-corrected chi connectivity index (χ4v) is 2.87. The molecule has 1 aliphatic rings. The Balaban J connectivity index is 1.79. The molecule has 1 aromatic rings. The van der Waals surface area contributed by atoms with E-state index < -0.39 is 10.0 Å². The number of anilines is 2. The van der Waals surface area contributed by atoms with Crippen LogP contribution in [0.4, 0.5) is 11.6 Å². The summed E-state index contributed by atoms with van der Waals surface area (Å²) in [5.74, 6) is 2.00. The van der Waals surface area contributed by atoms with Crippen molar-refractivity contribution in [2.45, 2.75) is 19.8 Å². The van der Waals surface area contributed by atoms with E-state index in [-0.39, 0.29) is 12.5 Å². The summed E-state index contributed by atoms with van der Waals surface area (Å²) in [6.45, 7) is 4.56. The molecule has 140 valence electrons. The van der Waals surface area contributed by atoms with E-state index in [9.17, 15) is 13.2 Å². The van der Waals surface area contributed by atoms with E-state index in [4.69, 9.17) is 0 Å². The van der Waals surface area contributed by atoms with Gasteiger partial charge in [-0.05, 0) is 19.8 Å². The molecule has 0 aromatic carbocycles. The van der Waals surface area contributed by atoms with E-state index in [0.717, 1.165) is 35.3 Å². The predicted octanol–water partition coefficient (Wildman–Crippen LogP) is -0.195. The lowest BCUT2D eigenvalue weighted by molar-refractivity contribution is -0.121. The first-order chi connectivity index (χ1) is 11.8. The van der Waals surface area contributed by atoms with Gasteiger partial charge in [-0.1, -0.05) is 0 Å². The maximum absolute atomic E-state index is 11.7. The van der Waals surface area contributed by atoms with Gasteiger partial charge in [0.25, 0.3) is 0 Å². The fourth-order valence-electron chi connectivity index (χ4n) is 2.52. The standard InChI is InChI=1S/C15H26N6O3S/c1-12-18-13(10-14(19-12)21-8-4-5-9-21)16-6-7-17-15(22)11-20(2)25(3,23)24/h10H,4-9,11H2,1-3H3,(H,17,22)(H,16,18,19). The van der Waals surface area contributed by atoms with Gasteiger partial charge in [-0.15, -0.1) is 0 Å². The van der Waals surface area contributed by atoms with Crippen molar-refractivity contribution >= 4 is 27.6 Å². The number of hydrogen-bond acceptors (Lipinski definition) is 7. The molecule has 1 saturated heterocycles. The summed E-state index contributed by atoms with van der Waals surface area (Å²) in [4.78, 5) is 22.8. The van der Waals surface area contributed by atoms with Gasteiger partial charge in [0.1, 0.15) is 17.5 Å². The highest BCUT2D eigenvalue weighted by atomic mass is 32.2. The van der Waals surface area contributed by atoms with E-state index >= 15 is 0 Å². The van der Waals surface area contributed by atoms with Crippen molar-refractivity contribution in [2.24, 2.45) is 0 Å². The van der Waals surface area contributed by atoms with Crippen molar-refractivity contribution in [3.63, 3.8) is 0 Å². The highest BCUT2D eigenvalue weighted by molar-refractivity contribution is 7.88. The van der Waals surface area contributed by atoms with Crippen LogP contribution in [0, 0.1) is 6.92 Å². The zero-order chi connectivity index (χ0) is 18.4. The predicted molar refractivity (Wildman–Crippen MR) is 97.2 cm³/mol. The van der Waals surface area contributed by atoms with Crippen LogP contribution in [0.25, 0.3) is 0 Å². The van der Waals surface area contributed by atoms with Crippen molar-refractivity contribution in [3.8, 4) is 0 Å². The van der Waals surface area contributed by atoms with Gasteiger partial charge in [-0.25, -0.2) is 18.4 Å². The van der Waals surface area contributed by atoms with Crippen LogP contribution in [0.3, 0.4) is 0 Å². The largest absolute Gasteiger partial charge is 0.368 e. The number of aromatic nitrogens is 2. The monoisotopic (exact) mass is 370 g/mol. The van der Waals surface area contributed by atoms with Crippen molar-refractivity contribution in [1.82, 2.24) is 19.6 Å². The molecule has 1 amide bonds. The maximum atomic E-state index is 11.7. The topological polar surface area (TPSA) is 108 Å². The summed E-state index contributed by atoms with van der Waals surface area (Å²) in [6, 6.07) is 1.91. The first kappa shape index (κ1) is 19.4. The summed E-state index contributed by atoms with van der Waals surface area (Å²) < 4.78 is 23.5. The van der Waals surface area contributed by atoms with E-state index in [1.807, 2.05) is 13.0 Å². The molecule has 25 heavy (non-hydrogen) atoms. The third-order valence-electron chi connectivity index (χ3n) is 3.94. The summed E-state index contributed by atoms with van der Waals surface area (Å²) in [7, 11) is -1.98. The van der Waals surface area contributed by atoms with Crippen molar-refractivity contribution < 1.29 is 13.2 Å². The lowest BCUT2D eigenvalue weighted by Crippen LogP contribution is -2.39. The second kappa shape index (κ2) is 8.43. The summed E-state index contributed by atoms with van der Waals surface area (Å²) in [5, 5.41) is 5.84. The Kier molecular flexibility index (Phi) is 6.54. The SMILES string of the molecule is Cc1nc(NCCNC(=O)CN(C)S(C)(=O)=O)cc(N2CCCC2)n1. The van der Waals surface area contributed by atoms with Gasteiger partial charge < -0.3 is 15.5 Å². The molecule has 1 aromatic heterocycles. The number of nitrogens with one attached hydrogen (secondary N) is 2. The summed E-state index contributed by atoms with van der Waals surface area (Å²) >= 11 is 0. The molecule has 0 spiro atoms. The fraction of sp³-hybridized carbons (Fsp3) is 0.667. The molecule has 9 nitrogen and oxygen atoms in total. The number of likely N-dealkylation sites (N-methyl/N-ethyl adjacent to an activating group) is 1. The third-order valence-corrected chi connectivity index (χ3v) is 5.20. The molecule has 2 rings (SSSR count). The minimum absolute atomic E-state index is 0.190. The number of hydrogen-bond donors (Lipinski definition) is 2. The number of rotatable bonds is 8. The van der Waals surface area contributed by atoms with Crippen molar-refractivity contribution in [1.29, 1.82) is 0 Å². The molecule has 0 radical (unpaired) electrons. The van der Waals surface area contributed by atoms with Gasteiger partial charge in [0, 0.05) is 39.3 Å². The van der Waals surface area contributed by atoms with Crippen LogP contribution in [-0.2, 0) is 14.8 Å². The average Bonchev–Trinajstić information content (AvgIpc) is 3.04. The Morgan fingerprint density at radius 2 is 1.96 bits per heavy atom. The maximum Gasteiger partial charge on any atom is 0.235 e. The molecule has 0 atom stereocenters. The first-order valence-electron chi connectivity index (χ1n) is 8.28. The van der Waals surface area contributed by atoms with Crippen LogP contribution in [-0.4, -0.2) is 74.6 Å². The molecule has 10 heteroatoms. The normalized spacial score (nSPS) is 14.8. The zero-order valence-corrected chi connectivity index (χ0v) is 15.8. The number of carbonyl (C=O) groups excluding carboxylic acids is 1. The molecule has 2 N–H and O–H groups in total. The van der Waals surface area contributed by atoms with E-state index in [2.05, 4.69) is 25.5 Å². The van der Waals surface area contributed by atoms with Crippen molar-refractivity contribution in [2.75, 3.05) is 56.2 Å². The smallest absolute Gasteiger partial charge is 0.235 e. The molecule has 1 aliphatic heterocycles. The Labute approximate surface area is 148 Å². The van der Waals surface area contributed by atoms with E-state index in [1.165, 1.54) is 19.9 Å². The van der Waals surface area contributed by atoms with Gasteiger partial charge in [-0.2, -0.15) is 4.31 Å². The van der Waals surface area contributed by atoms with Crippen LogP contribution in [0.5, 0.6) is 0 Å². The summed E-state index contributed by atoms with van der Waals surface area (Å²) in [6.07, 6.45) is 3.43. The van der Waals surface area contributed by atoms with Gasteiger partial charge in [0.05, 0.1) is 12.8 Å². The molecule has 0 bridgehead atoms. The lowest BCUT2D eigenvalue weighted by atomic mass is 10.4. The van der Waals surface area contributed by atoms with Gasteiger partial charge in [0.15, 0.2) is 0 Å². The minimum Gasteiger partial charge on any atom is -0.368 e. The highest BCUT2D eigenvalue weighted by Crippen LogP contribution is 2.20. The Bertz CT molecular complexity index is 703. The lowest BCUT2D eigenvalue weighted by Gasteiger charge is -2.18. The number of sulfonamides is 1. The van der Waals surface area contributed by atoms with Crippen LogP contribution >= 0.6 is 0 Å². The van der Waals surface area contributed by atoms with Gasteiger partial charge in [-0.3, -0.25) is 4.79 Å². The van der Waals surface area contributed by atoms with Crippen molar-refractivity contribution in [3.05, 3.63) is 11.9 Å². The molecule has 0 unspecified atom stereocenters. The Hall–Kier alpha value is -1.94. The molecular formula is C15H26N6O3S. The average molecular weight is 370 g/mol. The van der Waals surface area contributed by atoms with Crippen LogP contribution in [0.2, 0.25) is 0 Å². The molecule has 0 saturated carbocycles.